The molecule has 202 valence electrons. The zero-order valence-corrected chi connectivity index (χ0v) is 18.2. The third-order valence-corrected chi connectivity index (χ3v) is 6.28. The Morgan fingerprint density at radius 1 is 0.735 bits per heavy atom. The van der Waals surface area contributed by atoms with E-state index in [0.717, 1.165) is 13.8 Å². The molecule has 0 heterocycles. The maximum atomic E-state index is 13.9. The predicted octanol–water partition coefficient (Wildman–Crippen LogP) is 6.88. The fourth-order valence-corrected chi connectivity index (χ4v) is 4.38. The van der Waals surface area contributed by atoms with Gasteiger partial charge in [0.25, 0.3) is 5.60 Å². The summed E-state index contributed by atoms with van der Waals surface area (Å²) in [4.78, 5) is 12.3. The molecule has 1 aliphatic rings. The molecule has 0 radical (unpaired) electrons. The molecule has 0 atom stereocenters. The topological polar surface area (TPSA) is 46.5 Å². The first kappa shape index (κ1) is 30.6. The molecule has 3 nitrogen and oxygen atoms in total. The number of carbonyl (C=O) groups excluding carboxylic acids is 1. The van der Waals surface area contributed by atoms with E-state index in [0.29, 0.717) is 0 Å². The summed E-state index contributed by atoms with van der Waals surface area (Å²) in [5.41, 5.74) is -12.3. The first-order chi connectivity index (χ1) is 14.9. The van der Waals surface area contributed by atoms with Gasteiger partial charge in [-0.3, -0.25) is 4.79 Å². The lowest BCUT2D eigenvalue weighted by molar-refractivity contribution is -0.400. The molecule has 1 saturated carbocycles. The minimum Gasteiger partial charge on any atom is -0.439 e. The number of alkyl halides is 12. The van der Waals surface area contributed by atoms with E-state index in [9.17, 15) is 62.6 Å². The Balaban J connectivity index is 3.46. The van der Waals surface area contributed by atoms with Crippen LogP contribution in [0, 0.1) is 17.3 Å². The van der Waals surface area contributed by atoms with Crippen LogP contribution in [0.25, 0.3) is 0 Å². The van der Waals surface area contributed by atoms with Gasteiger partial charge in [-0.15, -0.1) is 0 Å². The molecule has 0 bridgehead atoms. The van der Waals surface area contributed by atoms with E-state index in [4.69, 9.17) is 0 Å². The zero-order valence-electron chi connectivity index (χ0n) is 18.2. The van der Waals surface area contributed by atoms with Crippen molar-refractivity contribution < 1.29 is 67.3 Å². The molecule has 1 rings (SSSR count). The summed E-state index contributed by atoms with van der Waals surface area (Å²) >= 11 is 0. The van der Waals surface area contributed by atoms with Gasteiger partial charge in [0.05, 0.1) is 5.41 Å². The second-order valence-corrected chi connectivity index (χ2v) is 9.07. The fraction of sp³-hybridized carbons (Fsp3) is 0.947. The number of carbonyl (C=O) groups is 1. The minimum atomic E-state index is -6.29. The van der Waals surface area contributed by atoms with Crippen molar-refractivity contribution in [2.75, 3.05) is 0 Å². The Morgan fingerprint density at radius 3 is 1.38 bits per heavy atom. The number of halogens is 12. The van der Waals surface area contributed by atoms with E-state index < -0.39 is 84.8 Å². The highest BCUT2D eigenvalue weighted by atomic mass is 19.4. The van der Waals surface area contributed by atoms with Gasteiger partial charge in [0.15, 0.2) is 0 Å². The van der Waals surface area contributed by atoms with Gasteiger partial charge < -0.3 is 9.84 Å². The smallest absolute Gasteiger partial charge is 0.437 e. The van der Waals surface area contributed by atoms with Crippen LogP contribution in [-0.2, 0) is 9.53 Å². The first-order valence-corrected chi connectivity index (χ1v) is 10.1. The fourth-order valence-electron chi connectivity index (χ4n) is 4.38. The van der Waals surface area contributed by atoms with E-state index in [1.165, 1.54) is 6.92 Å². The Labute approximate surface area is 186 Å². The van der Waals surface area contributed by atoms with Gasteiger partial charge in [-0.1, -0.05) is 13.3 Å². The van der Waals surface area contributed by atoms with Gasteiger partial charge in [0.1, 0.15) is 0 Å². The van der Waals surface area contributed by atoms with E-state index in [1.54, 1.807) is 0 Å². The van der Waals surface area contributed by atoms with Crippen LogP contribution >= 0.6 is 0 Å². The van der Waals surface area contributed by atoms with Crippen molar-refractivity contribution in [1.82, 2.24) is 0 Å². The van der Waals surface area contributed by atoms with Gasteiger partial charge in [-0.2, -0.15) is 52.7 Å². The van der Waals surface area contributed by atoms with Crippen molar-refractivity contribution in [3.05, 3.63) is 0 Å². The average Bonchev–Trinajstić information content (AvgIpc) is 2.61. The van der Waals surface area contributed by atoms with Gasteiger partial charge in [0, 0.05) is 11.8 Å². The molecule has 0 aromatic rings. The molecule has 1 N–H and O–H groups in total. The molecule has 0 aromatic carbocycles. The second-order valence-electron chi connectivity index (χ2n) is 9.07. The molecule has 0 spiro atoms. The number of aliphatic hydroxyl groups is 1. The molecule has 0 aromatic heterocycles. The number of hydrogen-bond donors (Lipinski definition) is 1. The van der Waals surface area contributed by atoms with E-state index in [1.807, 2.05) is 0 Å². The molecular formula is C19H24F12O3. The van der Waals surface area contributed by atoms with Crippen LogP contribution in [0.2, 0.25) is 0 Å². The molecule has 0 unspecified atom stereocenters. The third-order valence-electron chi connectivity index (χ3n) is 6.28. The van der Waals surface area contributed by atoms with Crippen LogP contribution in [0.4, 0.5) is 52.7 Å². The number of esters is 1. The van der Waals surface area contributed by atoms with Crippen LogP contribution in [0.3, 0.4) is 0 Å². The van der Waals surface area contributed by atoms with Crippen LogP contribution in [0.1, 0.15) is 59.3 Å². The lowest BCUT2D eigenvalue weighted by atomic mass is 9.67. The monoisotopic (exact) mass is 528 g/mol. The quantitative estimate of drug-likeness (QED) is 0.302. The maximum Gasteiger partial charge on any atom is 0.437 e. The largest absolute Gasteiger partial charge is 0.439 e. The van der Waals surface area contributed by atoms with Crippen LogP contribution in [0.5, 0.6) is 0 Å². The van der Waals surface area contributed by atoms with E-state index in [-0.39, 0.29) is 12.8 Å². The Kier molecular flexibility index (Phi) is 8.31. The second kappa shape index (κ2) is 9.23. The Bertz CT molecular complexity index is 682. The SMILES string of the molecule is CCCC(C)(C)C(=O)OC(C1CCC(C(O)(C(F)(F)F)C(F)(F)F)CC1)(C(F)(F)F)C(F)(F)F. The third kappa shape index (κ3) is 5.23. The highest BCUT2D eigenvalue weighted by molar-refractivity contribution is 5.76. The normalized spacial score (nSPS) is 22.0. The number of hydrogen-bond acceptors (Lipinski definition) is 3. The molecule has 15 heteroatoms. The van der Waals surface area contributed by atoms with Crippen LogP contribution in [0.15, 0.2) is 0 Å². The molecule has 0 aliphatic heterocycles. The summed E-state index contributed by atoms with van der Waals surface area (Å²) in [6.07, 6.45) is -31.0. The molecule has 0 saturated heterocycles. The summed E-state index contributed by atoms with van der Waals surface area (Å²) in [6, 6.07) is 0. The van der Waals surface area contributed by atoms with Gasteiger partial charge in [-0.05, 0) is 46.0 Å². The molecular weight excluding hydrogens is 504 g/mol. The highest BCUT2D eigenvalue weighted by Crippen LogP contribution is 2.58. The molecule has 0 amide bonds. The summed E-state index contributed by atoms with van der Waals surface area (Å²) < 4.78 is 166. The van der Waals surface area contributed by atoms with E-state index in [2.05, 4.69) is 4.74 Å². The average molecular weight is 528 g/mol. The van der Waals surface area contributed by atoms with Gasteiger partial charge in [0.2, 0.25) is 0 Å². The Hall–Kier alpha value is -1.41. The summed E-state index contributed by atoms with van der Waals surface area (Å²) in [5, 5.41) is 9.45. The van der Waals surface area contributed by atoms with E-state index >= 15 is 0 Å². The van der Waals surface area contributed by atoms with Crippen molar-refractivity contribution >= 4 is 5.97 Å². The summed E-state index contributed by atoms with van der Waals surface area (Å²) in [6.45, 7) is 3.58. The zero-order chi connectivity index (χ0) is 27.2. The number of ether oxygens (including phenoxy) is 1. The van der Waals surface area contributed by atoms with Crippen molar-refractivity contribution in [2.24, 2.45) is 17.3 Å². The first-order valence-electron chi connectivity index (χ1n) is 10.1. The lowest BCUT2D eigenvalue weighted by Gasteiger charge is -2.47. The standard InChI is InChI=1S/C19H24F12O3/c1-4-9-13(2,3)12(32)34-15(18(26,27)28,19(29,30)31)11-7-5-10(6-8-11)14(33,16(20,21)22)17(23,24)25/h10-11,33H,4-9H2,1-3H3. The van der Waals surface area contributed by atoms with Crippen LogP contribution in [-0.4, -0.2) is 47.0 Å². The van der Waals surface area contributed by atoms with Crippen molar-refractivity contribution in [3.8, 4) is 0 Å². The lowest BCUT2D eigenvalue weighted by Crippen LogP contribution is -2.66. The molecule has 1 aliphatic carbocycles. The van der Waals surface area contributed by atoms with Crippen molar-refractivity contribution in [1.29, 1.82) is 0 Å². The predicted molar refractivity (Wildman–Crippen MR) is 92.1 cm³/mol. The van der Waals surface area contributed by atoms with Crippen molar-refractivity contribution in [2.45, 2.75) is 95.2 Å². The maximum absolute atomic E-state index is 13.9. The summed E-state index contributed by atoms with van der Waals surface area (Å²) in [7, 11) is 0. The minimum absolute atomic E-state index is 0.158. The van der Waals surface area contributed by atoms with Gasteiger partial charge >= 0.3 is 36.3 Å². The number of rotatable bonds is 6. The molecule has 34 heavy (non-hydrogen) atoms. The van der Waals surface area contributed by atoms with Crippen LogP contribution < -0.4 is 0 Å². The highest BCUT2D eigenvalue weighted by Gasteiger charge is 2.79. The molecule has 1 fully saturated rings. The summed E-state index contributed by atoms with van der Waals surface area (Å²) in [5.74, 6) is -7.35. The van der Waals surface area contributed by atoms with Crippen molar-refractivity contribution in [3.63, 3.8) is 0 Å². The Morgan fingerprint density at radius 2 is 1.09 bits per heavy atom. The van der Waals surface area contributed by atoms with Gasteiger partial charge in [-0.25, -0.2) is 0 Å².